The lowest BCUT2D eigenvalue weighted by Gasteiger charge is -2.15. The predicted octanol–water partition coefficient (Wildman–Crippen LogP) is 4.24. The fraction of sp³-hybridized carbons (Fsp3) is 0.250. The molecule has 3 rings (SSSR count). The van der Waals surface area contributed by atoms with E-state index in [-0.39, 0.29) is 5.91 Å². The number of amides is 1. The molecule has 1 amide bonds. The van der Waals surface area contributed by atoms with Gasteiger partial charge in [-0.2, -0.15) is 0 Å². The van der Waals surface area contributed by atoms with Gasteiger partial charge >= 0.3 is 0 Å². The van der Waals surface area contributed by atoms with E-state index in [0.29, 0.717) is 10.9 Å². The smallest absolute Gasteiger partial charge is 0.266 e. The molecule has 0 unspecified atom stereocenters. The number of hydrogen-bond donors (Lipinski definition) is 1. The van der Waals surface area contributed by atoms with E-state index in [1.165, 1.54) is 11.3 Å². The van der Waals surface area contributed by atoms with Crippen molar-refractivity contribution < 1.29 is 14.3 Å². The van der Waals surface area contributed by atoms with Gasteiger partial charge in [0.15, 0.2) is 6.10 Å². The first kappa shape index (κ1) is 18.8. The lowest BCUT2D eigenvalue weighted by atomic mass is 10.1. The van der Waals surface area contributed by atoms with Crippen molar-refractivity contribution in [2.45, 2.75) is 26.9 Å². The normalized spacial score (nSPS) is 11.7. The Morgan fingerprint density at radius 2 is 1.85 bits per heavy atom. The molecule has 0 aliphatic heterocycles. The lowest BCUT2D eigenvalue weighted by molar-refractivity contribution is -0.122. The Labute approximate surface area is 162 Å². The average Bonchev–Trinajstić information content (AvgIpc) is 3.12. The highest BCUT2D eigenvalue weighted by molar-refractivity contribution is 7.18. The molecule has 0 saturated carbocycles. The summed E-state index contributed by atoms with van der Waals surface area (Å²) in [6.07, 6.45) is -0.653. The minimum Gasteiger partial charge on any atom is -0.497 e. The summed E-state index contributed by atoms with van der Waals surface area (Å²) >= 11 is 1.31. The van der Waals surface area contributed by atoms with Crippen LogP contribution in [0.5, 0.6) is 11.5 Å². The molecule has 3 aromatic rings. The van der Waals surface area contributed by atoms with Gasteiger partial charge in [-0.05, 0) is 56.7 Å². The highest BCUT2D eigenvalue weighted by Gasteiger charge is 2.18. The SMILES string of the molecule is COc1ccc(-c2nnc(NC(=O)[C@@H](C)Oc3ccc(C)cc3C)s2)cc1. The molecule has 0 saturated heterocycles. The molecule has 0 fully saturated rings. The molecule has 0 aliphatic carbocycles. The van der Waals surface area contributed by atoms with Crippen LogP contribution in [0.25, 0.3) is 10.6 Å². The molecule has 0 bridgehead atoms. The highest BCUT2D eigenvalue weighted by Crippen LogP contribution is 2.28. The number of benzene rings is 2. The van der Waals surface area contributed by atoms with E-state index in [9.17, 15) is 4.79 Å². The van der Waals surface area contributed by atoms with Gasteiger partial charge in [-0.25, -0.2) is 0 Å². The number of aromatic nitrogens is 2. The van der Waals surface area contributed by atoms with Crippen molar-refractivity contribution in [2.24, 2.45) is 0 Å². The second-order valence-corrected chi connectivity index (χ2v) is 7.14. The van der Waals surface area contributed by atoms with Crippen LogP contribution in [-0.2, 0) is 4.79 Å². The van der Waals surface area contributed by atoms with Crippen LogP contribution in [0.3, 0.4) is 0 Å². The number of methoxy groups -OCH3 is 1. The molecular formula is C20H21N3O3S. The molecule has 6 nitrogen and oxygen atoms in total. The Kier molecular flexibility index (Phi) is 5.71. The van der Waals surface area contributed by atoms with Crippen LogP contribution in [0.4, 0.5) is 5.13 Å². The van der Waals surface area contributed by atoms with Crippen LogP contribution in [0.1, 0.15) is 18.1 Å². The first-order valence-electron chi connectivity index (χ1n) is 8.49. The zero-order valence-corrected chi connectivity index (χ0v) is 16.5. The molecule has 1 N–H and O–H groups in total. The largest absolute Gasteiger partial charge is 0.497 e. The number of ether oxygens (including phenoxy) is 2. The molecule has 2 aromatic carbocycles. The third-order valence-electron chi connectivity index (χ3n) is 4.00. The third-order valence-corrected chi connectivity index (χ3v) is 4.88. The van der Waals surface area contributed by atoms with Crippen LogP contribution in [-0.4, -0.2) is 29.3 Å². The summed E-state index contributed by atoms with van der Waals surface area (Å²) in [6.45, 7) is 5.68. The predicted molar refractivity (Wildman–Crippen MR) is 107 cm³/mol. The number of rotatable bonds is 6. The van der Waals surface area contributed by atoms with E-state index in [1.54, 1.807) is 14.0 Å². The molecule has 0 spiro atoms. The molecule has 27 heavy (non-hydrogen) atoms. The van der Waals surface area contributed by atoms with E-state index < -0.39 is 6.10 Å². The summed E-state index contributed by atoms with van der Waals surface area (Å²) in [5, 5.41) is 12.1. The van der Waals surface area contributed by atoms with Crippen LogP contribution >= 0.6 is 11.3 Å². The van der Waals surface area contributed by atoms with Gasteiger partial charge in [-0.1, -0.05) is 29.0 Å². The fourth-order valence-corrected chi connectivity index (χ4v) is 3.26. The summed E-state index contributed by atoms with van der Waals surface area (Å²) < 4.78 is 10.9. The Morgan fingerprint density at radius 3 is 2.52 bits per heavy atom. The summed E-state index contributed by atoms with van der Waals surface area (Å²) in [4.78, 5) is 12.4. The Bertz CT molecular complexity index is 938. The summed E-state index contributed by atoms with van der Waals surface area (Å²) in [5.74, 6) is 1.20. The summed E-state index contributed by atoms with van der Waals surface area (Å²) in [7, 11) is 1.62. The maximum absolute atomic E-state index is 12.4. The topological polar surface area (TPSA) is 73.3 Å². The van der Waals surface area contributed by atoms with Crippen molar-refractivity contribution in [3.05, 3.63) is 53.6 Å². The number of anilines is 1. The number of nitrogens with zero attached hydrogens (tertiary/aromatic N) is 2. The number of carbonyl (C=O) groups is 1. The number of nitrogens with one attached hydrogen (secondary N) is 1. The van der Waals surface area contributed by atoms with Crippen molar-refractivity contribution >= 4 is 22.4 Å². The Morgan fingerprint density at radius 1 is 1.11 bits per heavy atom. The van der Waals surface area contributed by atoms with E-state index in [2.05, 4.69) is 15.5 Å². The second kappa shape index (κ2) is 8.18. The monoisotopic (exact) mass is 383 g/mol. The van der Waals surface area contributed by atoms with E-state index in [4.69, 9.17) is 9.47 Å². The average molecular weight is 383 g/mol. The summed E-state index contributed by atoms with van der Waals surface area (Å²) in [5.41, 5.74) is 3.05. The maximum Gasteiger partial charge on any atom is 0.266 e. The summed E-state index contributed by atoms with van der Waals surface area (Å²) in [6, 6.07) is 13.4. The minimum atomic E-state index is -0.653. The van der Waals surface area contributed by atoms with Gasteiger partial charge in [-0.3, -0.25) is 10.1 Å². The highest BCUT2D eigenvalue weighted by atomic mass is 32.1. The maximum atomic E-state index is 12.4. The van der Waals surface area contributed by atoms with Crippen LogP contribution in [0.2, 0.25) is 0 Å². The van der Waals surface area contributed by atoms with Gasteiger partial charge in [0.05, 0.1) is 7.11 Å². The number of hydrogen-bond acceptors (Lipinski definition) is 6. The molecule has 0 radical (unpaired) electrons. The molecule has 140 valence electrons. The molecular weight excluding hydrogens is 362 g/mol. The molecule has 1 atom stereocenters. The fourth-order valence-electron chi connectivity index (χ4n) is 2.51. The van der Waals surface area contributed by atoms with E-state index >= 15 is 0 Å². The zero-order chi connectivity index (χ0) is 19.4. The van der Waals surface area contributed by atoms with Gasteiger partial charge in [0.2, 0.25) is 5.13 Å². The van der Waals surface area contributed by atoms with Gasteiger partial charge in [0, 0.05) is 5.56 Å². The third kappa shape index (κ3) is 4.62. The van der Waals surface area contributed by atoms with Crippen LogP contribution in [0.15, 0.2) is 42.5 Å². The Balaban J connectivity index is 1.64. The lowest BCUT2D eigenvalue weighted by Crippen LogP contribution is -2.30. The number of aryl methyl sites for hydroxylation is 2. The Hall–Kier alpha value is -2.93. The molecule has 7 heteroatoms. The first-order chi connectivity index (χ1) is 13.0. The quantitative estimate of drug-likeness (QED) is 0.689. The molecule has 1 aromatic heterocycles. The van der Waals surface area contributed by atoms with Gasteiger partial charge < -0.3 is 9.47 Å². The van der Waals surface area contributed by atoms with E-state index in [0.717, 1.165) is 27.4 Å². The van der Waals surface area contributed by atoms with Gasteiger partial charge in [0.25, 0.3) is 5.91 Å². The van der Waals surface area contributed by atoms with Crippen molar-refractivity contribution in [1.82, 2.24) is 10.2 Å². The van der Waals surface area contributed by atoms with Crippen LogP contribution < -0.4 is 14.8 Å². The van der Waals surface area contributed by atoms with Crippen molar-refractivity contribution in [1.29, 1.82) is 0 Å². The van der Waals surface area contributed by atoms with Gasteiger partial charge in [0.1, 0.15) is 16.5 Å². The van der Waals surface area contributed by atoms with Crippen molar-refractivity contribution in [2.75, 3.05) is 12.4 Å². The number of carbonyl (C=O) groups excluding carboxylic acids is 1. The van der Waals surface area contributed by atoms with Crippen molar-refractivity contribution in [3.8, 4) is 22.1 Å². The zero-order valence-electron chi connectivity index (χ0n) is 15.6. The standard InChI is InChI=1S/C20H21N3O3S/c1-12-5-10-17(13(2)11-12)26-14(3)18(24)21-20-23-22-19(27-20)15-6-8-16(25-4)9-7-15/h5-11,14H,1-4H3,(H,21,23,24)/t14-/m1/s1. The molecule has 0 aliphatic rings. The van der Waals surface area contributed by atoms with E-state index in [1.807, 2.05) is 56.3 Å². The second-order valence-electron chi connectivity index (χ2n) is 6.16. The molecule has 1 heterocycles. The van der Waals surface area contributed by atoms with Crippen molar-refractivity contribution in [3.63, 3.8) is 0 Å². The minimum absolute atomic E-state index is 0.271. The first-order valence-corrected chi connectivity index (χ1v) is 9.30. The van der Waals surface area contributed by atoms with Crippen LogP contribution in [0, 0.1) is 13.8 Å². The van der Waals surface area contributed by atoms with Gasteiger partial charge in [-0.15, -0.1) is 10.2 Å².